The Hall–Kier alpha value is -0.320. The topological polar surface area (TPSA) is 29.1 Å². The van der Waals surface area contributed by atoms with Gasteiger partial charge in [0.25, 0.3) is 0 Å². The molecule has 0 fully saturated rings. The molecule has 1 atom stereocenters. The number of alkyl halides is 1. The first-order valence-corrected chi connectivity index (χ1v) is 5.62. The van der Waals surface area contributed by atoms with Crippen molar-refractivity contribution in [2.75, 3.05) is 5.32 Å². The lowest BCUT2D eigenvalue weighted by Gasteiger charge is -2.10. The second kappa shape index (κ2) is 5.14. The third kappa shape index (κ3) is 3.33. The highest BCUT2D eigenvalue weighted by molar-refractivity contribution is 9.10. The molecule has 0 aromatic heterocycles. The lowest BCUT2D eigenvalue weighted by Crippen LogP contribution is -2.20. The number of carbonyl (C=O) groups is 1. The number of amides is 1. The van der Waals surface area contributed by atoms with Crippen molar-refractivity contribution in [1.29, 1.82) is 0 Å². The fourth-order valence-electron chi connectivity index (χ4n) is 0.884. The Kier molecular flexibility index (Phi) is 4.37. The summed E-state index contributed by atoms with van der Waals surface area (Å²) in [6.45, 7) is 1.53. The van der Waals surface area contributed by atoms with E-state index in [1.807, 2.05) is 0 Å². The van der Waals surface area contributed by atoms with Crippen LogP contribution in [0.25, 0.3) is 0 Å². The molecule has 1 aromatic rings. The van der Waals surface area contributed by atoms with Gasteiger partial charge in [0.2, 0.25) is 5.91 Å². The summed E-state index contributed by atoms with van der Waals surface area (Å²) in [7, 11) is 0. The predicted octanol–water partition coefficient (Wildman–Crippen LogP) is 3.81. The van der Waals surface area contributed by atoms with Crippen molar-refractivity contribution in [1.82, 2.24) is 0 Å². The molecule has 2 nitrogen and oxygen atoms in total. The van der Waals surface area contributed by atoms with Gasteiger partial charge in [0.1, 0.15) is 11.2 Å². The molecule has 1 rings (SSSR count). The maximum absolute atomic E-state index is 12.9. The average molecular weight is 315 g/mol. The highest BCUT2D eigenvalue weighted by Crippen LogP contribution is 2.31. The number of benzene rings is 1. The average Bonchev–Trinajstić information content (AvgIpc) is 2.10. The highest BCUT2D eigenvalue weighted by atomic mass is 79.9. The fraction of sp³-hybridized carbons (Fsp3) is 0.222. The summed E-state index contributed by atoms with van der Waals surface area (Å²) >= 11 is 14.4. The lowest BCUT2D eigenvalue weighted by molar-refractivity contribution is -0.115. The summed E-state index contributed by atoms with van der Waals surface area (Å²) in [5.74, 6) is -0.880. The molecule has 0 saturated heterocycles. The van der Waals surface area contributed by atoms with E-state index < -0.39 is 17.1 Å². The molecule has 1 N–H and O–H groups in total. The summed E-state index contributed by atoms with van der Waals surface area (Å²) < 4.78 is 13.2. The van der Waals surface area contributed by atoms with E-state index in [-0.39, 0.29) is 5.02 Å². The first kappa shape index (κ1) is 12.7. The van der Waals surface area contributed by atoms with Crippen molar-refractivity contribution in [2.24, 2.45) is 0 Å². The Morgan fingerprint density at radius 2 is 2.20 bits per heavy atom. The number of hydrogen-bond acceptors (Lipinski definition) is 1. The molecule has 0 aliphatic carbocycles. The van der Waals surface area contributed by atoms with Crippen LogP contribution < -0.4 is 5.32 Å². The third-order valence-electron chi connectivity index (χ3n) is 1.62. The highest BCUT2D eigenvalue weighted by Gasteiger charge is 2.14. The van der Waals surface area contributed by atoms with Gasteiger partial charge in [0, 0.05) is 4.47 Å². The van der Waals surface area contributed by atoms with Gasteiger partial charge in [-0.05, 0) is 35.0 Å². The van der Waals surface area contributed by atoms with Crippen LogP contribution in [0.15, 0.2) is 16.6 Å². The second-order valence-corrected chi connectivity index (χ2v) is 4.77. The second-order valence-electron chi connectivity index (χ2n) is 2.85. The zero-order valence-corrected chi connectivity index (χ0v) is 10.8. The van der Waals surface area contributed by atoms with E-state index in [0.717, 1.165) is 6.07 Å². The molecule has 1 amide bonds. The van der Waals surface area contributed by atoms with Crippen LogP contribution in [0, 0.1) is 5.82 Å². The first-order chi connectivity index (χ1) is 6.91. The van der Waals surface area contributed by atoms with Crippen molar-refractivity contribution < 1.29 is 9.18 Å². The SMILES string of the molecule is CC(Cl)C(=O)Nc1c(Cl)cc(F)cc1Br. The van der Waals surface area contributed by atoms with Crippen LogP contribution in [0.2, 0.25) is 5.02 Å². The van der Waals surface area contributed by atoms with Crippen LogP contribution in [0.1, 0.15) is 6.92 Å². The van der Waals surface area contributed by atoms with Gasteiger partial charge >= 0.3 is 0 Å². The van der Waals surface area contributed by atoms with E-state index in [0.29, 0.717) is 10.2 Å². The summed E-state index contributed by atoms with van der Waals surface area (Å²) in [6, 6.07) is 2.32. The van der Waals surface area contributed by atoms with Gasteiger partial charge in [-0.1, -0.05) is 11.6 Å². The van der Waals surface area contributed by atoms with E-state index in [4.69, 9.17) is 23.2 Å². The van der Waals surface area contributed by atoms with Crippen molar-refractivity contribution in [3.05, 3.63) is 27.4 Å². The number of nitrogens with one attached hydrogen (secondary N) is 1. The molecule has 82 valence electrons. The normalized spacial score (nSPS) is 12.3. The van der Waals surface area contributed by atoms with Gasteiger partial charge < -0.3 is 5.32 Å². The van der Waals surface area contributed by atoms with Crippen LogP contribution in [-0.2, 0) is 4.79 Å². The van der Waals surface area contributed by atoms with Crippen molar-refractivity contribution in [3.8, 4) is 0 Å². The minimum Gasteiger partial charge on any atom is -0.323 e. The van der Waals surface area contributed by atoms with Crippen LogP contribution in [-0.4, -0.2) is 11.3 Å². The minimum absolute atomic E-state index is 0.118. The molecule has 0 aliphatic rings. The Balaban J connectivity index is 3.00. The van der Waals surface area contributed by atoms with Gasteiger partial charge in [-0.15, -0.1) is 11.6 Å². The van der Waals surface area contributed by atoms with Gasteiger partial charge in [-0.3, -0.25) is 4.79 Å². The smallest absolute Gasteiger partial charge is 0.242 e. The molecule has 0 aliphatic heterocycles. The molecule has 15 heavy (non-hydrogen) atoms. The Morgan fingerprint density at radius 3 is 2.67 bits per heavy atom. The molecule has 1 unspecified atom stereocenters. The standard InChI is InChI=1S/C9H7BrCl2FNO/c1-4(11)9(15)14-8-6(10)2-5(13)3-7(8)12/h2-4H,1H3,(H,14,15). The van der Waals surface area contributed by atoms with Crippen molar-refractivity contribution in [3.63, 3.8) is 0 Å². The zero-order valence-electron chi connectivity index (χ0n) is 7.65. The number of anilines is 1. The largest absolute Gasteiger partial charge is 0.323 e. The Morgan fingerprint density at radius 1 is 1.60 bits per heavy atom. The molecule has 1 aromatic carbocycles. The van der Waals surface area contributed by atoms with Crippen molar-refractivity contribution >= 4 is 50.7 Å². The van der Waals surface area contributed by atoms with E-state index in [1.165, 1.54) is 13.0 Å². The first-order valence-electron chi connectivity index (χ1n) is 4.01. The summed E-state index contributed by atoms with van der Waals surface area (Å²) in [5.41, 5.74) is 0.315. The van der Waals surface area contributed by atoms with Gasteiger partial charge in [-0.2, -0.15) is 0 Å². The molecular formula is C9H7BrCl2FNO. The number of hydrogen-bond donors (Lipinski definition) is 1. The van der Waals surface area contributed by atoms with Crippen LogP contribution >= 0.6 is 39.1 Å². The minimum atomic E-state index is -0.682. The third-order valence-corrected chi connectivity index (χ3v) is 2.74. The molecule has 6 heteroatoms. The molecule has 0 heterocycles. The van der Waals surface area contributed by atoms with Gasteiger partial charge in [0.15, 0.2) is 0 Å². The molecule has 0 radical (unpaired) electrons. The van der Waals surface area contributed by atoms with Gasteiger partial charge in [0.05, 0.1) is 10.7 Å². The summed E-state index contributed by atoms with van der Waals surface area (Å²) in [4.78, 5) is 11.3. The Labute approximate surface area is 105 Å². The van der Waals surface area contributed by atoms with Crippen LogP contribution in [0.3, 0.4) is 0 Å². The van der Waals surface area contributed by atoms with E-state index >= 15 is 0 Å². The summed E-state index contributed by atoms with van der Waals surface area (Å²) in [5, 5.41) is 1.92. The Bertz CT molecular complexity index is 375. The molecule has 0 bridgehead atoms. The van der Waals surface area contributed by atoms with Crippen LogP contribution in [0.4, 0.5) is 10.1 Å². The molecular weight excluding hydrogens is 308 g/mol. The fourth-order valence-corrected chi connectivity index (χ4v) is 1.84. The molecule has 0 saturated carbocycles. The van der Waals surface area contributed by atoms with Gasteiger partial charge in [-0.25, -0.2) is 4.39 Å². The maximum Gasteiger partial charge on any atom is 0.242 e. The van der Waals surface area contributed by atoms with E-state index in [1.54, 1.807) is 0 Å². The summed E-state index contributed by atoms with van der Waals surface area (Å²) in [6.07, 6.45) is 0. The van der Waals surface area contributed by atoms with Crippen LogP contribution in [0.5, 0.6) is 0 Å². The van der Waals surface area contributed by atoms with E-state index in [2.05, 4.69) is 21.2 Å². The zero-order chi connectivity index (χ0) is 11.6. The maximum atomic E-state index is 12.9. The number of rotatable bonds is 2. The monoisotopic (exact) mass is 313 g/mol. The number of carbonyl (C=O) groups excluding carboxylic acids is 1. The quantitative estimate of drug-likeness (QED) is 0.826. The van der Waals surface area contributed by atoms with Crippen molar-refractivity contribution in [2.45, 2.75) is 12.3 Å². The number of halogens is 4. The molecule has 0 spiro atoms. The lowest BCUT2D eigenvalue weighted by atomic mass is 10.3. The predicted molar refractivity (Wildman–Crippen MR) is 63.1 cm³/mol. The van der Waals surface area contributed by atoms with E-state index in [9.17, 15) is 9.18 Å².